The van der Waals surface area contributed by atoms with E-state index in [0.29, 0.717) is 27.4 Å². The van der Waals surface area contributed by atoms with Crippen molar-refractivity contribution in [2.75, 3.05) is 0 Å². The molecule has 0 spiro atoms. The van der Waals surface area contributed by atoms with Crippen molar-refractivity contribution >= 4 is 33.9 Å². The molecule has 6 heteroatoms. The molecule has 0 bridgehead atoms. The van der Waals surface area contributed by atoms with Crippen LogP contribution in [0.5, 0.6) is 0 Å². The highest BCUT2D eigenvalue weighted by molar-refractivity contribution is 6.31. The monoisotopic (exact) mass is 376 g/mol. The number of rotatable bonds is 3. The molecule has 132 valence electrons. The summed E-state index contributed by atoms with van der Waals surface area (Å²) in [5.41, 5.74) is 2.01. The van der Waals surface area contributed by atoms with E-state index >= 15 is 0 Å². The summed E-state index contributed by atoms with van der Waals surface area (Å²) in [6, 6.07) is 23.0. The summed E-state index contributed by atoms with van der Waals surface area (Å²) in [7, 11) is 0. The minimum atomic E-state index is -0.441. The van der Waals surface area contributed by atoms with Crippen LogP contribution < -0.4 is 5.36 Å². The van der Waals surface area contributed by atoms with Crippen LogP contribution in [-0.2, 0) is 0 Å². The van der Waals surface area contributed by atoms with E-state index in [4.69, 9.17) is 16.0 Å². The summed E-state index contributed by atoms with van der Waals surface area (Å²) in [5.74, 6) is 0.648. The second-order valence-electron chi connectivity index (χ2n) is 5.89. The van der Waals surface area contributed by atoms with Crippen LogP contribution in [0.2, 0.25) is 5.02 Å². The second-order valence-corrected chi connectivity index (χ2v) is 6.33. The van der Waals surface area contributed by atoms with E-state index in [9.17, 15) is 10.1 Å². The van der Waals surface area contributed by atoms with E-state index in [1.54, 1.807) is 30.3 Å². The lowest BCUT2D eigenvalue weighted by Gasteiger charge is -2.05. The van der Waals surface area contributed by atoms with E-state index in [2.05, 4.69) is 4.99 Å². The Kier molecular flexibility index (Phi) is 4.44. The molecule has 0 unspecified atom stereocenters. The van der Waals surface area contributed by atoms with Crippen molar-refractivity contribution in [1.29, 1.82) is 0 Å². The van der Waals surface area contributed by atoms with Gasteiger partial charge in [-0.3, -0.25) is 10.1 Å². The molecule has 0 N–H and O–H groups in total. The fourth-order valence-electron chi connectivity index (χ4n) is 2.79. The van der Waals surface area contributed by atoms with Crippen molar-refractivity contribution in [2.45, 2.75) is 0 Å². The quantitative estimate of drug-likeness (QED) is 0.330. The molecule has 0 saturated carbocycles. The predicted molar refractivity (Wildman–Crippen MR) is 105 cm³/mol. The van der Waals surface area contributed by atoms with Gasteiger partial charge in [-0.05, 0) is 24.3 Å². The minimum absolute atomic E-state index is 0.0116. The molecule has 0 saturated heterocycles. The average molecular weight is 377 g/mol. The smallest absolute Gasteiger partial charge is 0.271 e. The first-order valence-corrected chi connectivity index (χ1v) is 8.56. The molecule has 5 nitrogen and oxygen atoms in total. The van der Waals surface area contributed by atoms with E-state index in [-0.39, 0.29) is 5.69 Å². The van der Waals surface area contributed by atoms with Crippen LogP contribution in [0.15, 0.2) is 88.3 Å². The lowest BCUT2D eigenvalue weighted by Crippen LogP contribution is -2.03. The number of nitro benzene ring substituents is 1. The highest BCUT2D eigenvalue weighted by Gasteiger charge is 2.08. The molecular formula is C21H13ClN2O3. The molecule has 27 heavy (non-hydrogen) atoms. The molecular weight excluding hydrogens is 364 g/mol. The van der Waals surface area contributed by atoms with Gasteiger partial charge in [0.2, 0.25) is 0 Å². The number of non-ortho nitro benzene ring substituents is 1. The lowest BCUT2D eigenvalue weighted by atomic mass is 10.1. The standard InChI is InChI=1S/C21H13ClN2O3/c22-15-9-10-20-18(11-15)19(13-21(27-20)14-5-2-1-3-6-14)23-16-7-4-8-17(12-16)24(25)26/h1-13H. The molecule has 1 heterocycles. The SMILES string of the molecule is O=[N+]([O-])c1cccc(N=c2cc(-c3ccccc3)oc3ccc(Cl)cc23)c1. The van der Waals surface area contributed by atoms with Crippen LogP contribution in [0.25, 0.3) is 22.3 Å². The van der Waals surface area contributed by atoms with Crippen molar-refractivity contribution in [1.82, 2.24) is 0 Å². The average Bonchev–Trinajstić information content (AvgIpc) is 2.69. The van der Waals surface area contributed by atoms with Gasteiger partial charge in [0.25, 0.3) is 5.69 Å². The molecule has 1 aromatic heterocycles. The number of hydrogen-bond acceptors (Lipinski definition) is 4. The number of benzene rings is 3. The third-order valence-corrected chi connectivity index (χ3v) is 4.29. The lowest BCUT2D eigenvalue weighted by molar-refractivity contribution is -0.384. The Balaban J connectivity index is 1.99. The molecule has 0 fully saturated rings. The van der Waals surface area contributed by atoms with Crippen LogP contribution >= 0.6 is 11.6 Å². The third-order valence-electron chi connectivity index (χ3n) is 4.05. The van der Waals surface area contributed by atoms with Gasteiger partial charge in [-0.2, -0.15) is 0 Å². The maximum absolute atomic E-state index is 11.0. The first-order valence-electron chi connectivity index (χ1n) is 8.18. The van der Waals surface area contributed by atoms with Gasteiger partial charge in [-0.25, -0.2) is 4.99 Å². The summed E-state index contributed by atoms with van der Waals surface area (Å²) in [6.45, 7) is 0. The fraction of sp³-hybridized carbons (Fsp3) is 0. The summed E-state index contributed by atoms with van der Waals surface area (Å²) >= 11 is 6.14. The molecule has 0 aliphatic rings. The highest BCUT2D eigenvalue weighted by Crippen LogP contribution is 2.25. The number of halogens is 1. The van der Waals surface area contributed by atoms with Crippen molar-refractivity contribution in [3.63, 3.8) is 0 Å². The molecule has 0 amide bonds. The Morgan fingerprint density at radius 1 is 0.926 bits per heavy atom. The van der Waals surface area contributed by atoms with Gasteiger partial charge in [-0.15, -0.1) is 0 Å². The predicted octanol–water partition coefficient (Wildman–Crippen LogP) is 5.89. The zero-order valence-corrected chi connectivity index (χ0v) is 14.8. The Labute approximate surface area is 159 Å². The van der Waals surface area contributed by atoms with E-state index in [1.165, 1.54) is 12.1 Å². The maximum Gasteiger partial charge on any atom is 0.271 e. The van der Waals surface area contributed by atoms with Crippen LogP contribution in [0, 0.1) is 10.1 Å². The molecule has 3 aromatic carbocycles. The topological polar surface area (TPSA) is 68.6 Å². The number of hydrogen-bond donors (Lipinski definition) is 0. The maximum atomic E-state index is 11.0. The fourth-order valence-corrected chi connectivity index (χ4v) is 2.97. The zero-order chi connectivity index (χ0) is 18.8. The third kappa shape index (κ3) is 3.59. The first-order chi connectivity index (χ1) is 13.1. The molecule has 0 radical (unpaired) electrons. The van der Waals surface area contributed by atoms with Crippen LogP contribution in [0.4, 0.5) is 11.4 Å². The van der Waals surface area contributed by atoms with Crippen molar-refractivity contribution in [3.05, 3.63) is 99.4 Å². The molecule has 0 aliphatic heterocycles. The highest BCUT2D eigenvalue weighted by atomic mass is 35.5. The van der Waals surface area contributed by atoms with Gasteiger partial charge in [0, 0.05) is 34.2 Å². The van der Waals surface area contributed by atoms with Gasteiger partial charge in [0.05, 0.1) is 16.0 Å². The largest absolute Gasteiger partial charge is 0.456 e. The normalized spacial score (nSPS) is 11.7. The van der Waals surface area contributed by atoms with Crippen LogP contribution in [0.3, 0.4) is 0 Å². The summed E-state index contributed by atoms with van der Waals surface area (Å²) < 4.78 is 6.02. The number of nitrogens with zero attached hydrogens (tertiary/aromatic N) is 2. The van der Waals surface area contributed by atoms with Crippen molar-refractivity contribution in [3.8, 4) is 11.3 Å². The Morgan fingerprint density at radius 2 is 1.74 bits per heavy atom. The van der Waals surface area contributed by atoms with Gasteiger partial charge < -0.3 is 4.42 Å². The summed E-state index contributed by atoms with van der Waals surface area (Å²) in [5, 5.41) is 12.9. The second kappa shape index (κ2) is 7.05. The Bertz CT molecular complexity index is 1220. The van der Waals surface area contributed by atoms with Gasteiger partial charge >= 0.3 is 0 Å². The number of fused-ring (bicyclic) bond motifs is 1. The van der Waals surface area contributed by atoms with Gasteiger partial charge in [-0.1, -0.05) is 48.0 Å². The van der Waals surface area contributed by atoms with E-state index in [0.717, 1.165) is 10.9 Å². The van der Waals surface area contributed by atoms with Crippen LogP contribution in [0.1, 0.15) is 0 Å². The van der Waals surface area contributed by atoms with E-state index < -0.39 is 4.92 Å². The van der Waals surface area contributed by atoms with E-state index in [1.807, 2.05) is 36.4 Å². The molecule has 4 rings (SSSR count). The Hall–Kier alpha value is -3.44. The molecule has 4 aromatic rings. The van der Waals surface area contributed by atoms with Crippen LogP contribution in [-0.4, -0.2) is 4.92 Å². The van der Waals surface area contributed by atoms with Gasteiger partial charge in [0.1, 0.15) is 11.3 Å². The number of nitro groups is 1. The molecule has 0 atom stereocenters. The summed E-state index contributed by atoms with van der Waals surface area (Å²) in [4.78, 5) is 15.2. The Morgan fingerprint density at radius 3 is 2.52 bits per heavy atom. The van der Waals surface area contributed by atoms with Gasteiger partial charge in [0.15, 0.2) is 0 Å². The first kappa shape index (κ1) is 17.0. The van der Waals surface area contributed by atoms with Crippen molar-refractivity contribution < 1.29 is 9.34 Å². The van der Waals surface area contributed by atoms with Crippen molar-refractivity contribution in [2.24, 2.45) is 4.99 Å². The molecule has 0 aliphatic carbocycles. The zero-order valence-electron chi connectivity index (χ0n) is 14.0. The summed E-state index contributed by atoms with van der Waals surface area (Å²) in [6.07, 6.45) is 0. The minimum Gasteiger partial charge on any atom is -0.456 e.